The number of hydrogen-bond acceptors (Lipinski definition) is 5. The molecule has 0 bridgehead atoms. The predicted molar refractivity (Wildman–Crippen MR) is 139 cm³/mol. The van der Waals surface area contributed by atoms with Crippen LogP contribution in [0.25, 0.3) is 0 Å². The summed E-state index contributed by atoms with van der Waals surface area (Å²) in [5.74, 6) is -1.28. The molecule has 0 unspecified atom stereocenters. The van der Waals surface area contributed by atoms with Crippen molar-refractivity contribution in [2.45, 2.75) is 31.7 Å². The summed E-state index contributed by atoms with van der Waals surface area (Å²) < 4.78 is 11.1. The lowest BCUT2D eigenvalue weighted by Crippen LogP contribution is -2.76. The molecule has 1 saturated carbocycles. The molecular formula is C31H30N2O5. The van der Waals surface area contributed by atoms with Crippen molar-refractivity contribution < 1.29 is 23.9 Å². The fourth-order valence-electron chi connectivity index (χ4n) is 6.56. The first-order valence-electron chi connectivity index (χ1n) is 13.1. The largest absolute Gasteiger partial charge is 0.466 e. The highest BCUT2D eigenvalue weighted by atomic mass is 16.6. The summed E-state index contributed by atoms with van der Waals surface area (Å²) in [6.07, 6.45) is -0.530. The Kier molecular flexibility index (Phi) is 6.14. The number of esters is 1. The van der Waals surface area contributed by atoms with E-state index in [1.54, 1.807) is 11.8 Å². The third kappa shape index (κ3) is 3.76. The molecule has 0 N–H and O–H groups in total. The fraction of sp³-hybridized carbons (Fsp3) is 0.323. The second-order valence-corrected chi connectivity index (χ2v) is 10.2. The highest BCUT2D eigenvalue weighted by Crippen LogP contribution is 2.69. The number of likely N-dealkylation sites (tertiary alicyclic amines) is 2. The maximum Gasteiger partial charge on any atom is 0.411 e. The van der Waals surface area contributed by atoms with Crippen molar-refractivity contribution in [3.8, 4) is 0 Å². The Bertz CT molecular complexity index is 1330. The second kappa shape index (κ2) is 9.63. The summed E-state index contributed by atoms with van der Waals surface area (Å²) in [6, 6.07) is 28.7. The minimum Gasteiger partial charge on any atom is -0.466 e. The van der Waals surface area contributed by atoms with Gasteiger partial charge < -0.3 is 14.4 Å². The van der Waals surface area contributed by atoms with Crippen LogP contribution >= 0.6 is 0 Å². The minimum absolute atomic E-state index is 0.112. The third-order valence-corrected chi connectivity index (χ3v) is 8.14. The lowest BCUT2D eigenvalue weighted by Gasteiger charge is -2.59. The molecule has 1 spiro atoms. The van der Waals surface area contributed by atoms with Gasteiger partial charge >= 0.3 is 12.1 Å². The SMILES string of the molecule is CCOC(=O)[C@@H]1[C@H]2CN(C(=O)OCc3ccccc3)[C@@]3(C(=O)N(Cc4ccccc4)[C@@H]3c3ccccc3)[C@H]21. The molecule has 0 radical (unpaired) electrons. The number of ether oxygens (including phenoxy) is 2. The van der Waals surface area contributed by atoms with Gasteiger partial charge in [0.15, 0.2) is 5.54 Å². The van der Waals surface area contributed by atoms with Crippen molar-refractivity contribution in [1.82, 2.24) is 9.80 Å². The van der Waals surface area contributed by atoms with Gasteiger partial charge in [-0.25, -0.2) is 4.79 Å². The number of benzene rings is 3. The normalized spacial score (nSPS) is 27.0. The first-order chi connectivity index (χ1) is 18.6. The average molecular weight is 511 g/mol. The molecule has 7 nitrogen and oxygen atoms in total. The Morgan fingerprint density at radius 3 is 2.11 bits per heavy atom. The Morgan fingerprint density at radius 2 is 1.47 bits per heavy atom. The molecule has 5 atom stereocenters. The van der Waals surface area contributed by atoms with E-state index in [-0.39, 0.29) is 43.5 Å². The molecule has 2 aliphatic heterocycles. The lowest BCUT2D eigenvalue weighted by molar-refractivity contribution is -0.180. The maximum absolute atomic E-state index is 14.3. The maximum atomic E-state index is 14.3. The van der Waals surface area contributed by atoms with E-state index in [9.17, 15) is 14.4 Å². The molecule has 194 valence electrons. The van der Waals surface area contributed by atoms with E-state index in [0.29, 0.717) is 6.54 Å². The van der Waals surface area contributed by atoms with Crippen LogP contribution in [-0.2, 0) is 32.2 Å². The standard InChI is InChI=1S/C31H30N2O5/c1-2-37-28(34)25-24-19-33(30(36)38-20-22-14-8-4-9-15-22)31(26(24)25)27(23-16-10-5-11-17-23)32(29(31)35)18-21-12-6-3-7-13-21/h3-17,24-27H,2,18-20H2,1H3/t24-,25-,26-,27-,31+/m1/s1. The van der Waals surface area contributed by atoms with Gasteiger partial charge in [-0.15, -0.1) is 0 Å². The zero-order valence-corrected chi connectivity index (χ0v) is 21.2. The first kappa shape index (κ1) is 24.2. The smallest absolute Gasteiger partial charge is 0.411 e. The number of fused-ring (bicyclic) bond motifs is 2. The summed E-state index contributed by atoms with van der Waals surface area (Å²) in [4.78, 5) is 44.1. The van der Waals surface area contributed by atoms with E-state index in [0.717, 1.165) is 16.7 Å². The van der Waals surface area contributed by atoms with E-state index >= 15 is 0 Å². The number of rotatable bonds is 7. The number of β-lactam (4-membered cyclic amide) rings is 1. The Balaban J connectivity index is 1.37. The van der Waals surface area contributed by atoms with Gasteiger partial charge in [0.25, 0.3) is 5.91 Å². The van der Waals surface area contributed by atoms with E-state index in [2.05, 4.69) is 0 Å². The molecule has 2 amide bonds. The van der Waals surface area contributed by atoms with Gasteiger partial charge in [0.05, 0.1) is 18.6 Å². The molecule has 7 heteroatoms. The number of carbonyl (C=O) groups excluding carboxylic acids is 3. The van der Waals surface area contributed by atoms with Crippen LogP contribution in [-0.4, -0.2) is 46.5 Å². The molecule has 3 aliphatic rings. The van der Waals surface area contributed by atoms with Gasteiger partial charge in [0.2, 0.25) is 0 Å². The molecule has 38 heavy (non-hydrogen) atoms. The molecule has 6 rings (SSSR count). The number of hydrogen-bond donors (Lipinski definition) is 0. The van der Waals surface area contributed by atoms with Crippen molar-refractivity contribution in [3.05, 3.63) is 108 Å². The quantitative estimate of drug-likeness (QED) is 0.343. The molecule has 2 heterocycles. The van der Waals surface area contributed by atoms with Gasteiger partial charge in [0, 0.05) is 19.0 Å². The monoisotopic (exact) mass is 510 g/mol. The molecule has 3 aromatic carbocycles. The molecular weight excluding hydrogens is 480 g/mol. The lowest BCUT2D eigenvalue weighted by atomic mass is 9.70. The zero-order chi connectivity index (χ0) is 26.3. The highest BCUT2D eigenvalue weighted by Gasteiger charge is 2.83. The van der Waals surface area contributed by atoms with Gasteiger partial charge in [0.1, 0.15) is 6.61 Å². The summed E-state index contributed by atoms with van der Waals surface area (Å²) >= 11 is 0. The highest BCUT2D eigenvalue weighted by molar-refractivity contribution is 6.00. The Morgan fingerprint density at radius 1 is 0.868 bits per heavy atom. The molecule has 2 saturated heterocycles. The van der Waals surface area contributed by atoms with Gasteiger partial charge in [-0.2, -0.15) is 0 Å². The fourth-order valence-corrected chi connectivity index (χ4v) is 6.56. The van der Waals surface area contributed by atoms with Crippen LogP contribution in [0.15, 0.2) is 91.0 Å². The van der Waals surface area contributed by atoms with Crippen molar-refractivity contribution in [1.29, 1.82) is 0 Å². The van der Waals surface area contributed by atoms with E-state index in [1.807, 2.05) is 95.9 Å². The van der Waals surface area contributed by atoms with Crippen LogP contribution in [0.1, 0.15) is 29.7 Å². The number of carbonyl (C=O) groups is 3. The molecule has 3 fully saturated rings. The minimum atomic E-state index is -1.19. The Hall–Kier alpha value is -4.13. The van der Waals surface area contributed by atoms with Crippen LogP contribution in [0.3, 0.4) is 0 Å². The summed E-state index contributed by atoms with van der Waals surface area (Å²) in [7, 11) is 0. The van der Waals surface area contributed by atoms with E-state index in [4.69, 9.17) is 9.47 Å². The van der Waals surface area contributed by atoms with Crippen molar-refractivity contribution in [3.63, 3.8) is 0 Å². The number of piperidine rings is 1. The summed E-state index contributed by atoms with van der Waals surface area (Å²) in [6.45, 7) is 2.87. The van der Waals surface area contributed by atoms with Crippen LogP contribution in [0.4, 0.5) is 4.79 Å². The van der Waals surface area contributed by atoms with Crippen LogP contribution < -0.4 is 0 Å². The van der Waals surface area contributed by atoms with E-state index in [1.165, 1.54) is 0 Å². The third-order valence-electron chi connectivity index (χ3n) is 8.14. The topological polar surface area (TPSA) is 76.1 Å². The number of amides is 2. The zero-order valence-electron chi connectivity index (χ0n) is 21.2. The van der Waals surface area contributed by atoms with Crippen molar-refractivity contribution in [2.75, 3.05) is 13.2 Å². The van der Waals surface area contributed by atoms with Gasteiger partial charge in [-0.1, -0.05) is 91.0 Å². The van der Waals surface area contributed by atoms with Gasteiger partial charge in [-0.05, 0) is 29.5 Å². The van der Waals surface area contributed by atoms with Gasteiger partial charge in [-0.3, -0.25) is 14.5 Å². The van der Waals surface area contributed by atoms with E-state index < -0.39 is 23.6 Å². The molecule has 1 aliphatic carbocycles. The summed E-state index contributed by atoms with van der Waals surface area (Å²) in [5, 5.41) is 0. The van der Waals surface area contributed by atoms with Crippen LogP contribution in [0.5, 0.6) is 0 Å². The number of nitrogens with zero attached hydrogens (tertiary/aromatic N) is 2. The van der Waals surface area contributed by atoms with Crippen LogP contribution in [0.2, 0.25) is 0 Å². The average Bonchev–Trinajstić information content (AvgIpc) is 3.56. The molecule has 3 aromatic rings. The Labute approximate surface area is 222 Å². The predicted octanol–water partition coefficient (Wildman–Crippen LogP) is 4.59. The second-order valence-electron chi connectivity index (χ2n) is 10.2. The van der Waals surface area contributed by atoms with Crippen molar-refractivity contribution in [2.24, 2.45) is 17.8 Å². The molecule has 0 aromatic heterocycles. The summed E-state index contributed by atoms with van der Waals surface area (Å²) in [5.41, 5.74) is 1.61. The first-order valence-corrected chi connectivity index (χ1v) is 13.1. The van der Waals surface area contributed by atoms with Crippen molar-refractivity contribution >= 4 is 18.0 Å². The van der Waals surface area contributed by atoms with Crippen LogP contribution in [0, 0.1) is 17.8 Å².